The minimum atomic E-state index is -0.272. The van der Waals surface area contributed by atoms with Crippen molar-refractivity contribution in [2.45, 2.75) is 25.7 Å². The fraction of sp³-hybridized carbons (Fsp3) is 0.500. The predicted octanol–water partition coefficient (Wildman–Crippen LogP) is 0.817. The second kappa shape index (κ2) is 3.06. The molecule has 1 atom stereocenters. The van der Waals surface area contributed by atoms with E-state index in [1.54, 1.807) is 0 Å². The quantitative estimate of drug-likeness (QED) is 0.452. The van der Waals surface area contributed by atoms with Gasteiger partial charge in [0.2, 0.25) is 0 Å². The lowest BCUT2D eigenvalue weighted by atomic mass is 9.70. The highest BCUT2D eigenvalue weighted by Gasteiger charge is 2.18. The van der Waals surface area contributed by atoms with Crippen molar-refractivity contribution in [3.05, 3.63) is 24.3 Å². The molecular formula is C8H16BN. The Bertz CT molecular complexity index is 159. The van der Waals surface area contributed by atoms with Crippen molar-refractivity contribution in [2.75, 3.05) is 0 Å². The fourth-order valence-electron chi connectivity index (χ4n) is 0.778. The molecular weight excluding hydrogens is 121 g/mol. The van der Waals surface area contributed by atoms with E-state index in [1.807, 2.05) is 21.7 Å². The maximum atomic E-state index is 5.90. The summed E-state index contributed by atoms with van der Waals surface area (Å²) >= 11 is 0. The monoisotopic (exact) mass is 137 g/mol. The second-order valence-electron chi connectivity index (χ2n) is 3.33. The highest BCUT2D eigenvalue weighted by Crippen LogP contribution is 2.15. The van der Waals surface area contributed by atoms with Crippen LogP contribution in [0.5, 0.6) is 0 Å². The van der Waals surface area contributed by atoms with Gasteiger partial charge in [-0.05, 0) is 20.3 Å². The molecule has 0 saturated carbocycles. The summed E-state index contributed by atoms with van der Waals surface area (Å²) in [6.07, 6.45) is 0.822. The Balaban J connectivity index is 4.13. The molecule has 0 aliphatic carbocycles. The summed E-state index contributed by atoms with van der Waals surface area (Å²) in [5, 5.41) is 0. The van der Waals surface area contributed by atoms with Crippen molar-refractivity contribution in [2.24, 2.45) is 5.73 Å². The van der Waals surface area contributed by atoms with Gasteiger partial charge in [-0.1, -0.05) is 17.7 Å². The van der Waals surface area contributed by atoms with Crippen molar-refractivity contribution < 1.29 is 0 Å². The molecule has 10 heavy (non-hydrogen) atoms. The lowest BCUT2D eigenvalue weighted by molar-refractivity contribution is 0.684. The first-order valence-corrected chi connectivity index (χ1v) is 3.45. The minimum Gasteiger partial charge on any atom is -0.329 e. The van der Waals surface area contributed by atoms with E-state index in [2.05, 4.69) is 13.2 Å². The van der Waals surface area contributed by atoms with Crippen molar-refractivity contribution >= 4 is 7.85 Å². The summed E-state index contributed by atoms with van der Waals surface area (Å²) < 4.78 is 0. The molecule has 0 fully saturated rings. The Labute approximate surface area is 64.4 Å². The van der Waals surface area contributed by atoms with Crippen molar-refractivity contribution in [1.82, 2.24) is 0 Å². The molecule has 56 valence electrons. The SMILES string of the molecule is BC(N)(CC(=C)C)C(=C)C. The fourth-order valence-corrected chi connectivity index (χ4v) is 0.778. The van der Waals surface area contributed by atoms with Crippen LogP contribution in [-0.2, 0) is 0 Å². The molecule has 1 nitrogen and oxygen atoms in total. The first kappa shape index (κ1) is 9.50. The van der Waals surface area contributed by atoms with E-state index < -0.39 is 0 Å². The zero-order valence-electron chi connectivity index (χ0n) is 7.20. The third kappa shape index (κ3) is 2.88. The average molecular weight is 137 g/mol. The van der Waals surface area contributed by atoms with Gasteiger partial charge in [0, 0.05) is 5.44 Å². The summed E-state index contributed by atoms with van der Waals surface area (Å²) in [6.45, 7) is 11.5. The van der Waals surface area contributed by atoms with Crippen LogP contribution < -0.4 is 5.73 Å². The molecule has 0 heterocycles. The Morgan fingerprint density at radius 3 is 2.00 bits per heavy atom. The standard InChI is InChI=1S/C8H16BN/c1-6(2)5-8(9,10)7(3)4/h1,3,5,9-10H2,2,4H3. The van der Waals surface area contributed by atoms with Crippen LogP contribution in [0.2, 0.25) is 0 Å². The van der Waals surface area contributed by atoms with Gasteiger partial charge in [0.15, 0.2) is 0 Å². The maximum absolute atomic E-state index is 5.90. The first-order valence-electron chi connectivity index (χ1n) is 3.45. The predicted molar refractivity (Wildman–Crippen MR) is 49.7 cm³/mol. The first-order chi connectivity index (χ1) is 4.36. The van der Waals surface area contributed by atoms with Gasteiger partial charge in [0.1, 0.15) is 7.85 Å². The van der Waals surface area contributed by atoms with E-state index >= 15 is 0 Å². The minimum absolute atomic E-state index is 0.272. The average Bonchev–Trinajstić information content (AvgIpc) is 1.60. The third-order valence-corrected chi connectivity index (χ3v) is 1.64. The van der Waals surface area contributed by atoms with Gasteiger partial charge < -0.3 is 5.73 Å². The van der Waals surface area contributed by atoms with Gasteiger partial charge in [-0.25, -0.2) is 0 Å². The molecule has 0 radical (unpaired) electrons. The number of nitrogens with two attached hydrogens (primary N) is 1. The number of hydrogen-bond acceptors (Lipinski definition) is 1. The lowest BCUT2D eigenvalue weighted by Gasteiger charge is -2.25. The van der Waals surface area contributed by atoms with E-state index in [0.29, 0.717) is 0 Å². The highest BCUT2D eigenvalue weighted by molar-refractivity contribution is 6.17. The summed E-state index contributed by atoms with van der Waals surface area (Å²) in [6, 6.07) is 0. The molecule has 0 aliphatic heterocycles. The molecule has 2 N–H and O–H groups in total. The zero-order chi connectivity index (χ0) is 8.36. The molecule has 0 aromatic heterocycles. The van der Waals surface area contributed by atoms with Crippen LogP contribution in [0.15, 0.2) is 24.3 Å². The topological polar surface area (TPSA) is 26.0 Å². The molecule has 0 bridgehead atoms. The third-order valence-electron chi connectivity index (χ3n) is 1.64. The van der Waals surface area contributed by atoms with E-state index in [9.17, 15) is 0 Å². The molecule has 1 unspecified atom stereocenters. The van der Waals surface area contributed by atoms with Gasteiger partial charge in [-0.15, -0.1) is 6.58 Å². The van der Waals surface area contributed by atoms with Gasteiger partial charge in [-0.3, -0.25) is 0 Å². The highest BCUT2D eigenvalue weighted by atomic mass is 14.7. The van der Waals surface area contributed by atoms with Crippen LogP contribution in [0, 0.1) is 0 Å². The molecule has 2 heteroatoms. The van der Waals surface area contributed by atoms with Gasteiger partial charge in [-0.2, -0.15) is 0 Å². The Hall–Kier alpha value is -0.495. The van der Waals surface area contributed by atoms with Crippen LogP contribution in [0.3, 0.4) is 0 Å². The maximum Gasteiger partial charge on any atom is 0.133 e. The number of rotatable bonds is 3. The molecule has 0 amide bonds. The van der Waals surface area contributed by atoms with E-state index in [-0.39, 0.29) is 5.44 Å². The Morgan fingerprint density at radius 1 is 1.50 bits per heavy atom. The smallest absolute Gasteiger partial charge is 0.133 e. The molecule has 0 saturated heterocycles. The van der Waals surface area contributed by atoms with Crippen LogP contribution in [-0.4, -0.2) is 13.3 Å². The summed E-state index contributed by atoms with van der Waals surface area (Å²) in [7, 11) is 1.98. The van der Waals surface area contributed by atoms with E-state index in [1.165, 1.54) is 0 Å². The summed E-state index contributed by atoms with van der Waals surface area (Å²) in [5.74, 6) is 0. The normalized spacial score (nSPS) is 15.9. The molecule has 0 aliphatic rings. The molecule has 0 spiro atoms. The van der Waals surface area contributed by atoms with Crippen LogP contribution >= 0.6 is 0 Å². The van der Waals surface area contributed by atoms with E-state index in [4.69, 9.17) is 5.73 Å². The van der Waals surface area contributed by atoms with E-state index in [0.717, 1.165) is 17.6 Å². The van der Waals surface area contributed by atoms with Crippen molar-refractivity contribution in [3.8, 4) is 0 Å². The largest absolute Gasteiger partial charge is 0.329 e. The van der Waals surface area contributed by atoms with Crippen molar-refractivity contribution in [3.63, 3.8) is 0 Å². The molecule has 0 aromatic carbocycles. The number of hydrogen-bond donors (Lipinski definition) is 1. The Kier molecular flexibility index (Phi) is 2.91. The van der Waals surface area contributed by atoms with Crippen LogP contribution in [0.1, 0.15) is 20.3 Å². The molecule has 0 rings (SSSR count). The second-order valence-corrected chi connectivity index (χ2v) is 3.33. The van der Waals surface area contributed by atoms with Crippen LogP contribution in [0.25, 0.3) is 0 Å². The van der Waals surface area contributed by atoms with Gasteiger partial charge >= 0.3 is 0 Å². The summed E-state index contributed by atoms with van der Waals surface area (Å²) in [4.78, 5) is 0. The molecule has 0 aromatic rings. The Morgan fingerprint density at radius 2 is 1.90 bits per heavy atom. The van der Waals surface area contributed by atoms with Gasteiger partial charge in [0.05, 0.1) is 0 Å². The zero-order valence-corrected chi connectivity index (χ0v) is 7.20. The van der Waals surface area contributed by atoms with Crippen molar-refractivity contribution in [1.29, 1.82) is 0 Å². The summed E-state index contributed by atoms with van der Waals surface area (Å²) in [5.41, 5.74) is 7.74. The lowest BCUT2D eigenvalue weighted by Crippen LogP contribution is -2.41. The van der Waals surface area contributed by atoms with Gasteiger partial charge in [0.25, 0.3) is 0 Å². The van der Waals surface area contributed by atoms with Crippen LogP contribution in [0.4, 0.5) is 0 Å².